The number of halogens is 2. The van der Waals surface area contributed by atoms with E-state index in [4.69, 9.17) is 11.6 Å². The molecule has 0 aliphatic carbocycles. The highest BCUT2D eigenvalue weighted by molar-refractivity contribution is 6.31. The van der Waals surface area contributed by atoms with Gasteiger partial charge < -0.3 is 10.6 Å². The Morgan fingerprint density at radius 3 is 2.87 bits per heavy atom. The van der Waals surface area contributed by atoms with E-state index in [0.29, 0.717) is 16.1 Å². The maximum atomic E-state index is 13.9. The molecule has 82 valence electrons. The Morgan fingerprint density at radius 1 is 1.40 bits per heavy atom. The summed E-state index contributed by atoms with van der Waals surface area (Å²) in [5.41, 5.74) is 1.23. The lowest BCUT2D eigenvalue weighted by atomic mass is 10.0. The molecule has 0 aromatic heterocycles. The van der Waals surface area contributed by atoms with Crippen molar-refractivity contribution in [3.05, 3.63) is 34.1 Å². The van der Waals surface area contributed by atoms with Gasteiger partial charge in [-0.3, -0.25) is 0 Å². The monoisotopic (exact) mass is 228 g/mol. The first-order valence-corrected chi connectivity index (χ1v) is 5.46. The van der Waals surface area contributed by atoms with Crippen LogP contribution in [0.25, 0.3) is 0 Å². The van der Waals surface area contributed by atoms with Crippen LogP contribution in [0.15, 0.2) is 12.1 Å². The third kappa shape index (κ3) is 2.14. The molecule has 1 aliphatic rings. The summed E-state index contributed by atoms with van der Waals surface area (Å²) in [5, 5.41) is 6.98. The van der Waals surface area contributed by atoms with Crippen molar-refractivity contribution in [3.63, 3.8) is 0 Å². The standard InChI is InChI=1S/C11H14ClFN2/c1-7-2-3-8(12)10(11(7)13)9-6-14-4-5-15-9/h2-3,9,14-15H,4-6H2,1H3/t9-/m0/s1. The van der Waals surface area contributed by atoms with Gasteiger partial charge >= 0.3 is 0 Å². The van der Waals surface area contributed by atoms with Gasteiger partial charge in [-0.1, -0.05) is 17.7 Å². The van der Waals surface area contributed by atoms with Gasteiger partial charge in [-0.25, -0.2) is 4.39 Å². The van der Waals surface area contributed by atoms with Crippen LogP contribution < -0.4 is 10.6 Å². The number of rotatable bonds is 1. The minimum Gasteiger partial charge on any atom is -0.314 e. The molecule has 15 heavy (non-hydrogen) atoms. The minimum atomic E-state index is -0.191. The second-order valence-electron chi connectivity index (χ2n) is 3.80. The molecule has 1 atom stereocenters. The average Bonchev–Trinajstić information content (AvgIpc) is 2.26. The molecule has 2 nitrogen and oxygen atoms in total. The predicted octanol–water partition coefficient (Wildman–Crippen LogP) is 2.02. The topological polar surface area (TPSA) is 24.1 Å². The zero-order chi connectivity index (χ0) is 10.8. The van der Waals surface area contributed by atoms with Gasteiger partial charge in [0.05, 0.1) is 0 Å². The van der Waals surface area contributed by atoms with Crippen LogP contribution in [0.2, 0.25) is 5.02 Å². The Hall–Kier alpha value is -0.640. The molecule has 2 rings (SSSR count). The van der Waals surface area contributed by atoms with Crippen molar-refractivity contribution in [2.75, 3.05) is 19.6 Å². The molecular weight excluding hydrogens is 215 g/mol. The van der Waals surface area contributed by atoms with Crippen molar-refractivity contribution >= 4 is 11.6 Å². The summed E-state index contributed by atoms with van der Waals surface area (Å²) in [5.74, 6) is -0.191. The van der Waals surface area contributed by atoms with Crippen molar-refractivity contribution in [2.45, 2.75) is 13.0 Å². The number of nitrogens with one attached hydrogen (secondary N) is 2. The van der Waals surface area contributed by atoms with Crippen molar-refractivity contribution in [3.8, 4) is 0 Å². The minimum absolute atomic E-state index is 0.0221. The molecule has 1 aromatic carbocycles. The van der Waals surface area contributed by atoms with Gasteiger partial charge in [0, 0.05) is 36.3 Å². The SMILES string of the molecule is Cc1ccc(Cl)c([C@@H]2CNCCN2)c1F. The van der Waals surface area contributed by atoms with E-state index < -0.39 is 0 Å². The molecule has 0 spiro atoms. The average molecular weight is 229 g/mol. The van der Waals surface area contributed by atoms with Crippen molar-refractivity contribution in [1.29, 1.82) is 0 Å². The zero-order valence-corrected chi connectivity index (χ0v) is 9.37. The molecule has 0 unspecified atom stereocenters. The number of benzene rings is 1. The van der Waals surface area contributed by atoms with Gasteiger partial charge in [0.2, 0.25) is 0 Å². The number of hydrogen-bond donors (Lipinski definition) is 2. The third-order valence-electron chi connectivity index (χ3n) is 2.71. The molecule has 0 amide bonds. The van der Waals surface area contributed by atoms with Crippen LogP contribution in [-0.4, -0.2) is 19.6 Å². The first-order chi connectivity index (χ1) is 7.20. The molecule has 4 heteroatoms. The summed E-state index contributed by atoms with van der Waals surface area (Å²) in [4.78, 5) is 0. The fourth-order valence-electron chi connectivity index (χ4n) is 1.86. The molecule has 1 aliphatic heterocycles. The van der Waals surface area contributed by atoms with E-state index in [1.165, 1.54) is 0 Å². The Kier molecular flexibility index (Phi) is 3.24. The maximum absolute atomic E-state index is 13.9. The molecule has 0 saturated carbocycles. The van der Waals surface area contributed by atoms with Gasteiger partial charge in [-0.15, -0.1) is 0 Å². The third-order valence-corrected chi connectivity index (χ3v) is 3.04. The molecule has 1 fully saturated rings. The fraction of sp³-hybridized carbons (Fsp3) is 0.455. The lowest BCUT2D eigenvalue weighted by molar-refractivity contribution is 0.416. The lowest BCUT2D eigenvalue weighted by Crippen LogP contribution is -2.43. The molecule has 1 aromatic rings. The normalized spacial score (nSPS) is 21.7. The highest BCUT2D eigenvalue weighted by Crippen LogP contribution is 2.28. The van der Waals surface area contributed by atoms with Gasteiger partial charge in [0.15, 0.2) is 0 Å². The first-order valence-electron chi connectivity index (χ1n) is 5.08. The summed E-state index contributed by atoms with van der Waals surface area (Å²) in [6.07, 6.45) is 0. The van der Waals surface area contributed by atoms with E-state index >= 15 is 0 Å². The summed E-state index contributed by atoms with van der Waals surface area (Å²) in [7, 11) is 0. The molecule has 1 heterocycles. The van der Waals surface area contributed by atoms with E-state index in [-0.39, 0.29) is 11.9 Å². The number of aryl methyl sites for hydroxylation is 1. The van der Waals surface area contributed by atoms with Crippen LogP contribution in [0.4, 0.5) is 4.39 Å². The van der Waals surface area contributed by atoms with Crippen LogP contribution in [-0.2, 0) is 0 Å². The Morgan fingerprint density at radius 2 is 2.20 bits per heavy atom. The first kappa shape index (κ1) is 10.9. The quantitative estimate of drug-likeness (QED) is 0.769. The maximum Gasteiger partial charge on any atom is 0.132 e. The predicted molar refractivity (Wildman–Crippen MR) is 59.8 cm³/mol. The number of piperazine rings is 1. The van der Waals surface area contributed by atoms with Crippen LogP contribution >= 0.6 is 11.6 Å². The van der Waals surface area contributed by atoms with Crippen molar-refractivity contribution < 1.29 is 4.39 Å². The van der Waals surface area contributed by atoms with Crippen LogP contribution in [0.1, 0.15) is 17.2 Å². The van der Waals surface area contributed by atoms with Gasteiger partial charge in [-0.2, -0.15) is 0 Å². The fourth-order valence-corrected chi connectivity index (χ4v) is 2.13. The van der Waals surface area contributed by atoms with Crippen LogP contribution in [0, 0.1) is 12.7 Å². The second kappa shape index (κ2) is 4.47. The zero-order valence-electron chi connectivity index (χ0n) is 8.61. The highest BCUT2D eigenvalue weighted by Gasteiger charge is 2.21. The van der Waals surface area contributed by atoms with Gasteiger partial charge in [0.25, 0.3) is 0 Å². The summed E-state index contributed by atoms with van der Waals surface area (Å²) in [6, 6.07) is 3.44. The van der Waals surface area contributed by atoms with E-state index in [0.717, 1.165) is 19.6 Å². The Labute approximate surface area is 93.8 Å². The van der Waals surface area contributed by atoms with Crippen molar-refractivity contribution in [2.24, 2.45) is 0 Å². The molecule has 2 N–H and O–H groups in total. The smallest absolute Gasteiger partial charge is 0.132 e. The molecule has 0 radical (unpaired) electrons. The summed E-state index contributed by atoms with van der Waals surface area (Å²) < 4.78 is 13.9. The largest absolute Gasteiger partial charge is 0.314 e. The van der Waals surface area contributed by atoms with Crippen LogP contribution in [0.5, 0.6) is 0 Å². The van der Waals surface area contributed by atoms with Gasteiger partial charge in [0.1, 0.15) is 5.82 Å². The summed E-state index contributed by atoms with van der Waals surface area (Å²) >= 11 is 6.03. The van der Waals surface area contributed by atoms with Crippen molar-refractivity contribution in [1.82, 2.24) is 10.6 Å². The molecule has 1 saturated heterocycles. The van der Waals surface area contributed by atoms with Gasteiger partial charge in [-0.05, 0) is 18.6 Å². The van der Waals surface area contributed by atoms with E-state index in [2.05, 4.69) is 10.6 Å². The molecule has 0 bridgehead atoms. The Balaban J connectivity index is 2.36. The second-order valence-corrected chi connectivity index (χ2v) is 4.21. The molecular formula is C11H14ClFN2. The summed E-state index contributed by atoms with van der Waals surface area (Å²) in [6.45, 7) is 4.24. The van der Waals surface area contributed by atoms with Crippen LogP contribution in [0.3, 0.4) is 0 Å². The van der Waals surface area contributed by atoms with E-state index in [1.54, 1.807) is 19.1 Å². The Bertz CT molecular complexity index is 362. The van der Waals surface area contributed by atoms with E-state index in [1.807, 2.05) is 0 Å². The van der Waals surface area contributed by atoms with E-state index in [9.17, 15) is 4.39 Å². The number of hydrogen-bond acceptors (Lipinski definition) is 2. The lowest BCUT2D eigenvalue weighted by Gasteiger charge is -2.26. The highest BCUT2D eigenvalue weighted by atomic mass is 35.5.